The Morgan fingerprint density at radius 3 is 1.61 bits per heavy atom. The largest absolute Gasteiger partial charge is 0.414 e. The van der Waals surface area contributed by atoms with Crippen LogP contribution in [0.5, 0.6) is 0 Å². The van der Waals surface area contributed by atoms with Crippen LogP contribution in [0.2, 0.25) is 36.3 Å². The van der Waals surface area contributed by atoms with Crippen molar-refractivity contribution in [3.8, 4) is 0 Å². The van der Waals surface area contributed by atoms with Crippen molar-refractivity contribution in [1.29, 1.82) is 0 Å². The second kappa shape index (κ2) is 11.6. The molecule has 0 radical (unpaired) electrons. The molecule has 0 aliphatic heterocycles. The SMILES string of the molecule is CCC(C)COCCOCC(CO[Si](C)(C)C(C)(C)C)O[Si](C)(C)C(C)(C)C. The molecule has 2 unspecified atom stereocenters. The molecule has 2 atom stereocenters. The third kappa shape index (κ3) is 10.3. The average Bonchev–Trinajstić information content (AvgIpc) is 2.52. The van der Waals surface area contributed by atoms with E-state index in [1.54, 1.807) is 0 Å². The van der Waals surface area contributed by atoms with Gasteiger partial charge < -0.3 is 18.3 Å². The molecule has 4 nitrogen and oxygen atoms in total. The monoisotopic (exact) mass is 434 g/mol. The molecule has 28 heavy (non-hydrogen) atoms. The van der Waals surface area contributed by atoms with Gasteiger partial charge in [-0.05, 0) is 42.2 Å². The van der Waals surface area contributed by atoms with Crippen molar-refractivity contribution in [2.24, 2.45) is 5.92 Å². The standard InChI is InChI=1S/C22H50O4Si2/c1-13-19(2)16-23-14-15-24-17-20(26-28(11,12)22(6,7)8)18-25-27(9,10)21(3,4)5/h19-20H,13-18H2,1-12H3. The molecule has 0 aliphatic rings. The Bertz CT molecular complexity index is 425. The zero-order chi connectivity index (χ0) is 22.2. The van der Waals surface area contributed by atoms with Crippen molar-refractivity contribution in [2.75, 3.05) is 33.0 Å². The lowest BCUT2D eigenvalue weighted by molar-refractivity contribution is -0.0119. The fourth-order valence-electron chi connectivity index (χ4n) is 1.96. The summed E-state index contributed by atoms with van der Waals surface area (Å²) < 4.78 is 24.7. The van der Waals surface area contributed by atoms with Gasteiger partial charge in [-0.25, -0.2) is 0 Å². The van der Waals surface area contributed by atoms with E-state index in [0.29, 0.717) is 32.3 Å². The molecule has 0 aromatic heterocycles. The molecule has 170 valence electrons. The molecule has 0 rings (SSSR count). The first-order valence-corrected chi connectivity index (χ1v) is 16.8. The number of hydrogen-bond acceptors (Lipinski definition) is 4. The Morgan fingerprint density at radius 2 is 1.18 bits per heavy atom. The summed E-state index contributed by atoms with van der Waals surface area (Å²) in [5.41, 5.74) is 0. The molecule has 0 bridgehead atoms. The summed E-state index contributed by atoms with van der Waals surface area (Å²) >= 11 is 0. The van der Waals surface area contributed by atoms with Crippen LogP contribution < -0.4 is 0 Å². The van der Waals surface area contributed by atoms with Crippen molar-refractivity contribution in [2.45, 2.75) is 104 Å². The van der Waals surface area contributed by atoms with E-state index in [0.717, 1.165) is 13.0 Å². The highest BCUT2D eigenvalue weighted by molar-refractivity contribution is 6.74. The van der Waals surface area contributed by atoms with Crippen molar-refractivity contribution in [3.63, 3.8) is 0 Å². The molecule has 0 aliphatic carbocycles. The number of ether oxygens (including phenoxy) is 2. The smallest absolute Gasteiger partial charge is 0.192 e. The van der Waals surface area contributed by atoms with Gasteiger partial charge in [0.2, 0.25) is 0 Å². The van der Waals surface area contributed by atoms with Crippen LogP contribution in [-0.2, 0) is 18.3 Å². The van der Waals surface area contributed by atoms with Gasteiger partial charge in [0.25, 0.3) is 0 Å². The van der Waals surface area contributed by atoms with Gasteiger partial charge in [0.05, 0.1) is 32.5 Å². The summed E-state index contributed by atoms with van der Waals surface area (Å²) in [6.45, 7) is 30.4. The lowest BCUT2D eigenvalue weighted by atomic mass is 10.1. The summed E-state index contributed by atoms with van der Waals surface area (Å²) in [7, 11) is -3.69. The van der Waals surface area contributed by atoms with E-state index in [1.807, 2.05) is 0 Å². The minimum absolute atomic E-state index is 0.0235. The minimum Gasteiger partial charge on any atom is -0.414 e. The second-order valence-electron chi connectivity index (χ2n) is 11.2. The van der Waals surface area contributed by atoms with Crippen LogP contribution in [0.3, 0.4) is 0 Å². The normalized spacial score (nSPS) is 16.3. The summed E-state index contributed by atoms with van der Waals surface area (Å²) in [5.74, 6) is 0.604. The van der Waals surface area contributed by atoms with Crippen LogP contribution in [0, 0.1) is 5.92 Å². The fourth-order valence-corrected chi connectivity index (χ4v) is 4.32. The molecule has 0 spiro atoms. The molecule has 0 fully saturated rings. The van der Waals surface area contributed by atoms with Crippen molar-refractivity contribution in [1.82, 2.24) is 0 Å². The number of hydrogen-bond donors (Lipinski definition) is 0. The van der Waals surface area contributed by atoms with Crippen LogP contribution in [0.1, 0.15) is 61.8 Å². The van der Waals surface area contributed by atoms with E-state index >= 15 is 0 Å². The Balaban J connectivity index is 4.74. The molecular weight excluding hydrogens is 384 g/mol. The maximum Gasteiger partial charge on any atom is 0.192 e. The van der Waals surface area contributed by atoms with Crippen LogP contribution in [0.15, 0.2) is 0 Å². The van der Waals surface area contributed by atoms with E-state index in [4.69, 9.17) is 18.3 Å². The van der Waals surface area contributed by atoms with Crippen LogP contribution in [0.4, 0.5) is 0 Å². The summed E-state index contributed by atoms with van der Waals surface area (Å²) in [4.78, 5) is 0. The maximum atomic E-state index is 6.64. The lowest BCUT2D eigenvalue weighted by Crippen LogP contribution is -2.49. The van der Waals surface area contributed by atoms with E-state index in [2.05, 4.69) is 81.6 Å². The van der Waals surface area contributed by atoms with Gasteiger partial charge >= 0.3 is 0 Å². The third-order valence-corrected chi connectivity index (χ3v) is 15.5. The highest BCUT2D eigenvalue weighted by atomic mass is 28.4. The van der Waals surface area contributed by atoms with Crippen molar-refractivity contribution >= 4 is 16.6 Å². The fraction of sp³-hybridized carbons (Fsp3) is 1.00. The Kier molecular flexibility index (Phi) is 11.7. The topological polar surface area (TPSA) is 36.9 Å². The van der Waals surface area contributed by atoms with E-state index < -0.39 is 16.6 Å². The highest BCUT2D eigenvalue weighted by Crippen LogP contribution is 2.39. The van der Waals surface area contributed by atoms with Gasteiger partial charge in [0.15, 0.2) is 16.6 Å². The predicted octanol–water partition coefficient (Wildman–Crippen LogP) is 6.48. The Labute approximate surface area is 178 Å². The van der Waals surface area contributed by atoms with Gasteiger partial charge in [0, 0.05) is 6.61 Å². The lowest BCUT2D eigenvalue weighted by Gasteiger charge is -2.41. The van der Waals surface area contributed by atoms with Gasteiger partial charge in [-0.1, -0.05) is 61.8 Å². The van der Waals surface area contributed by atoms with Crippen LogP contribution in [0.25, 0.3) is 0 Å². The molecule has 0 heterocycles. The molecule has 0 aromatic carbocycles. The molecule has 0 amide bonds. The summed E-state index contributed by atoms with van der Waals surface area (Å²) in [6.07, 6.45) is 1.12. The zero-order valence-corrected chi connectivity index (χ0v) is 23.0. The molecule has 6 heteroatoms. The average molecular weight is 435 g/mol. The first-order chi connectivity index (χ1) is 12.5. The quantitative estimate of drug-likeness (QED) is 0.245. The van der Waals surface area contributed by atoms with Crippen LogP contribution in [-0.4, -0.2) is 55.8 Å². The highest BCUT2D eigenvalue weighted by Gasteiger charge is 2.41. The Morgan fingerprint density at radius 1 is 0.714 bits per heavy atom. The molecule has 0 saturated heterocycles. The third-order valence-electron chi connectivity index (χ3n) is 6.48. The van der Waals surface area contributed by atoms with Gasteiger partial charge in [0.1, 0.15) is 0 Å². The number of rotatable bonds is 13. The van der Waals surface area contributed by atoms with E-state index in [-0.39, 0.29) is 16.2 Å². The van der Waals surface area contributed by atoms with Crippen molar-refractivity contribution < 1.29 is 18.3 Å². The summed E-state index contributed by atoms with van der Waals surface area (Å²) in [5, 5.41) is 0.362. The molecular formula is C22H50O4Si2. The predicted molar refractivity (Wildman–Crippen MR) is 126 cm³/mol. The molecule has 0 aromatic rings. The molecule has 0 N–H and O–H groups in total. The molecule has 0 saturated carbocycles. The van der Waals surface area contributed by atoms with Gasteiger partial charge in [-0.3, -0.25) is 0 Å². The summed E-state index contributed by atoms with van der Waals surface area (Å²) in [6, 6.07) is 0. The first kappa shape index (κ1) is 28.3. The first-order valence-electron chi connectivity index (χ1n) is 11.0. The maximum absolute atomic E-state index is 6.64. The minimum atomic E-state index is -1.88. The van der Waals surface area contributed by atoms with Crippen LogP contribution >= 0.6 is 0 Å². The zero-order valence-electron chi connectivity index (χ0n) is 21.0. The van der Waals surface area contributed by atoms with E-state index in [9.17, 15) is 0 Å². The van der Waals surface area contributed by atoms with E-state index in [1.165, 1.54) is 0 Å². The van der Waals surface area contributed by atoms with Gasteiger partial charge in [-0.2, -0.15) is 0 Å². The van der Waals surface area contributed by atoms with Gasteiger partial charge in [-0.15, -0.1) is 0 Å². The Hall–Kier alpha value is 0.274. The second-order valence-corrected chi connectivity index (χ2v) is 20.8. The van der Waals surface area contributed by atoms with Crippen molar-refractivity contribution in [3.05, 3.63) is 0 Å².